The number of aryl methyl sites for hydroxylation is 1. The molecule has 0 spiro atoms. The summed E-state index contributed by atoms with van der Waals surface area (Å²) in [5.74, 6) is 0. The summed E-state index contributed by atoms with van der Waals surface area (Å²) in [6, 6.07) is 17.0. The van der Waals surface area contributed by atoms with Crippen LogP contribution in [0.15, 0.2) is 54.7 Å². The highest BCUT2D eigenvalue weighted by atomic mass is 14.7. The number of pyridine rings is 1. The average molecular weight is 207 g/mol. The topological polar surface area (TPSA) is 15.8 Å². The maximum atomic E-state index is 3.34. The molecule has 0 aromatic heterocycles. The number of benzene rings is 1. The highest BCUT2D eigenvalue weighted by molar-refractivity contribution is 5.83. The average Bonchev–Trinajstić information content (AvgIpc) is 2.70. The summed E-state index contributed by atoms with van der Waals surface area (Å²) in [6.07, 6.45) is 2.00. The molecular weight excluding hydrogens is 194 g/mol. The zero-order valence-corrected chi connectivity index (χ0v) is 9.20. The molecule has 2 aliphatic rings. The molecule has 0 atom stereocenters. The predicted octanol–water partition coefficient (Wildman–Crippen LogP) is 4.09. The third-order valence-corrected chi connectivity index (χ3v) is 2.89. The summed E-state index contributed by atoms with van der Waals surface area (Å²) in [5.41, 5.74) is 6.35. The molecule has 0 radical (unpaired) electrons. The molecule has 1 nitrogen and oxygen atoms in total. The fourth-order valence-corrected chi connectivity index (χ4v) is 2.17. The van der Waals surface area contributed by atoms with Crippen LogP contribution in [0.3, 0.4) is 0 Å². The second-order valence-electron chi connectivity index (χ2n) is 4.12. The molecule has 1 aromatic rings. The molecule has 1 N–H and O–H groups in total. The monoisotopic (exact) mass is 207 g/mol. The summed E-state index contributed by atoms with van der Waals surface area (Å²) < 4.78 is 0. The maximum Gasteiger partial charge on any atom is 0.0533 e. The number of hydrogen-bond donors (Lipinski definition) is 1. The second kappa shape index (κ2) is 3.53. The Morgan fingerprint density at radius 3 is 2.50 bits per heavy atom. The first kappa shape index (κ1) is 9.22. The largest absolute Gasteiger partial charge is 0.361 e. The van der Waals surface area contributed by atoms with E-state index in [1.54, 1.807) is 0 Å². The van der Waals surface area contributed by atoms with Crippen LogP contribution in [0.5, 0.6) is 0 Å². The molecule has 0 saturated carbocycles. The molecule has 1 heterocycles. The molecule has 16 heavy (non-hydrogen) atoms. The summed E-state index contributed by atoms with van der Waals surface area (Å²) >= 11 is 0. The SMILES string of the molecule is Cc1cc2cc[nH]c(-c3ccccc3)c-2c1. The van der Waals surface area contributed by atoms with Crippen molar-refractivity contribution in [2.45, 2.75) is 6.92 Å². The summed E-state index contributed by atoms with van der Waals surface area (Å²) in [6.45, 7) is 2.13. The van der Waals surface area contributed by atoms with Crippen LogP contribution in [0, 0.1) is 6.92 Å². The lowest BCUT2D eigenvalue weighted by Gasteiger charge is -2.07. The third kappa shape index (κ3) is 1.41. The Hall–Kier alpha value is -2.02. The van der Waals surface area contributed by atoms with E-state index < -0.39 is 0 Å². The maximum absolute atomic E-state index is 3.34. The molecule has 3 rings (SSSR count). The lowest BCUT2D eigenvalue weighted by atomic mass is 10.0. The molecule has 0 unspecified atom stereocenters. The minimum Gasteiger partial charge on any atom is -0.361 e. The summed E-state index contributed by atoms with van der Waals surface area (Å²) in [7, 11) is 0. The van der Waals surface area contributed by atoms with Crippen LogP contribution in [-0.2, 0) is 0 Å². The van der Waals surface area contributed by atoms with Crippen LogP contribution in [0.2, 0.25) is 0 Å². The molecular formula is C15H13N. The highest BCUT2D eigenvalue weighted by Crippen LogP contribution is 2.33. The van der Waals surface area contributed by atoms with Crippen molar-refractivity contribution in [2.24, 2.45) is 0 Å². The molecule has 1 heteroatoms. The van der Waals surface area contributed by atoms with Gasteiger partial charge in [0.05, 0.1) is 5.69 Å². The molecule has 1 aliphatic heterocycles. The van der Waals surface area contributed by atoms with Crippen molar-refractivity contribution in [2.75, 3.05) is 0 Å². The van der Waals surface area contributed by atoms with Crippen molar-refractivity contribution in [1.82, 2.24) is 4.98 Å². The minimum atomic E-state index is 1.20. The zero-order chi connectivity index (χ0) is 11.0. The van der Waals surface area contributed by atoms with Gasteiger partial charge in [-0.3, -0.25) is 0 Å². The summed E-state index contributed by atoms with van der Waals surface area (Å²) in [4.78, 5) is 3.34. The van der Waals surface area contributed by atoms with Crippen LogP contribution in [0.4, 0.5) is 0 Å². The van der Waals surface area contributed by atoms with E-state index in [4.69, 9.17) is 0 Å². The van der Waals surface area contributed by atoms with Gasteiger partial charge in [0.15, 0.2) is 0 Å². The first-order valence-corrected chi connectivity index (χ1v) is 5.48. The Kier molecular flexibility index (Phi) is 2.03. The van der Waals surface area contributed by atoms with Crippen molar-refractivity contribution in [3.63, 3.8) is 0 Å². The molecule has 0 amide bonds. The number of fused-ring (bicyclic) bond motifs is 1. The lowest BCUT2D eigenvalue weighted by molar-refractivity contribution is 1.33. The van der Waals surface area contributed by atoms with E-state index in [9.17, 15) is 0 Å². The third-order valence-electron chi connectivity index (χ3n) is 2.89. The van der Waals surface area contributed by atoms with Gasteiger partial charge in [0.2, 0.25) is 0 Å². The van der Waals surface area contributed by atoms with Gasteiger partial charge in [-0.2, -0.15) is 0 Å². The van der Waals surface area contributed by atoms with Crippen LogP contribution in [0.1, 0.15) is 5.56 Å². The van der Waals surface area contributed by atoms with E-state index in [-0.39, 0.29) is 0 Å². The lowest BCUT2D eigenvalue weighted by Crippen LogP contribution is -1.86. The fraction of sp³-hybridized carbons (Fsp3) is 0.0667. The van der Waals surface area contributed by atoms with Crippen LogP contribution in [-0.4, -0.2) is 4.98 Å². The summed E-state index contributed by atoms with van der Waals surface area (Å²) in [5, 5.41) is 0. The number of aromatic nitrogens is 1. The molecule has 0 fully saturated rings. The van der Waals surface area contributed by atoms with Gasteiger partial charge in [-0.15, -0.1) is 0 Å². The number of nitrogens with one attached hydrogen (secondary N) is 1. The Balaban J connectivity index is 2.26. The Morgan fingerprint density at radius 2 is 1.69 bits per heavy atom. The van der Waals surface area contributed by atoms with E-state index in [0.717, 1.165) is 0 Å². The second-order valence-corrected chi connectivity index (χ2v) is 4.12. The van der Waals surface area contributed by atoms with Crippen molar-refractivity contribution < 1.29 is 0 Å². The Morgan fingerprint density at radius 1 is 0.875 bits per heavy atom. The van der Waals surface area contributed by atoms with E-state index in [1.165, 1.54) is 27.9 Å². The number of rotatable bonds is 1. The van der Waals surface area contributed by atoms with E-state index in [0.29, 0.717) is 0 Å². The van der Waals surface area contributed by atoms with Crippen LogP contribution >= 0.6 is 0 Å². The molecule has 78 valence electrons. The smallest absolute Gasteiger partial charge is 0.0533 e. The van der Waals surface area contributed by atoms with Gasteiger partial charge in [-0.1, -0.05) is 36.4 Å². The van der Waals surface area contributed by atoms with Gasteiger partial charge >= 0.3 is 0 Å². The minimum absolute atomic E-state index is 1.20. The van der Waals surface area contributed by atoms with Gasteiger partial charge < -0.3 is 4.98 Å². The van der Waals surface area contributed by atoms with E-state index in [1.807, 2.05) is 12.3 Å². The van der Waals surface area contributed by atoms with Gasteiger partial charge in [0.25, 0.3) is 0 Å². The van der Waals surface area contributed by atoms with Gasteiger partial charge in [0, 0.05) is 11.8 Å². The normalized spacial score (nSPS) is 10.8. The first-order chi connectivity index (χ1) is 7.84. The van der Waals surface area contributed by atoms with E-state index >= 15 is 0 Å². The quantitative estimate of drug-likeness (QED) is 0.618. The fourth-order valence-electron chi connectivity index (χ4n) is 2.17. The van der Waals surface area contributed by atoms with Crippen molar-refractivity contribution in [1.29, 1.82) is 0 Å². The Bertz CT molecular complexity index is 578. The molecule has 0 saturated heterocycles. The predicted molar refractivity (Wildman–Crippen MR) is 67.6 cm³/mol. The number of H-pyrrole nitrogens is 1. The van der Waals surface area contributed by atoms with E-state index in [2.05, 4.69) is 54.4 Å². The Labute approximate surface area is 95.1 Å². The van der Waals surface area contributed by atoms with Crippen LogP contribution in [0.25, 0.3) is 22.4 Å². The van der Waals surface area contributed by atoms with Crippen molar-refractivity contribution in [3.05, 3.63) is 60.3 Å². The first-order valence-electron chi connectivity index (χ1n) is 5.48. The standard InChI is InChI=1S/C15H13N/c1-11-9-13-7-8-16-15(14(13)10-11)12-5-3-2-4-6-12/h2-10,16H,1H3. The van der Waals surface area contributed by atoms with Crippen molar-refractivity contribution in [3.8, 4) is 22.4 Å². The number of hydrogen-bond acceptors (Lipinski definition) is 0. The zero-order valence-electron chi connectivity index (χ0n) is 9.20. The number of aromatic amines is 1. The molecule has 1 aliphatic carbocycles. The molecule has 1 aromatic carbocycles. The molecule has 0 bridgehead atoms. The highest BCUT2D eigenvalue weighted by Gasteiger charge is 2.10. The van der Waals surface area contributed by atoms with Gasteiger partial charge in [-0.25, -0.2) is 0 Å². The van der Waals surface area contributed by atoms with Gasteiger partial charge in [0.1, 0.15) is 0 Å². The van der Waals surface area contributed by atoms with Crippen molar-refractivity contribution >= 4 is 0 Å². The van der Waals surface area contributed by atoms with Crippen LogP contribution < -0.4 is 0 Å². The van der Waals surface area contributed by atoms with Gasteiger partial charge in [-0.05, 0) is 35.7 Å².